The minimum absolute atomic E-state index is 0.139. The molecule has 26 heavy (non-hydrogen) atoms. The first kappa shape index (κ1) is 19.6. The monoisotopic (exact) mass is 379 g/mol. The minimum Gasteiger partial charge on any atom is -0.449 e. The Bertz CT molecular complexity index is 927. The van der Waals surface area contributed by atoms with Gasteiger partial charge in [0.25, 0.3) is 5.91 Å². The van der Waals surface area contributed by atoms with Crippen LogP contribution in [-0.2, 0) is 19.4 Å². The van der Waals surface area contributed by atoms with E-state index >= 15 is 0 Å². The molecule has 0 heterocycles. The second-order valence-electron chi connectivity index (χ2n) is 5.45. The molecule has 1 amide bonds. The molecule has 2 aromatic carbocycles. The first-order valence-electron chi connectivity index (χ1n) is 7.84. The Morgan fingerprint density at radius 3 is 2.50 bits per heavy atom. The molecule has 0 unspecified atom stereocenters. The summed E-state index contributed by atoms with van der Waals surface area (Å²) in [6.07, 6.45) is -1.21. The van der Waals surface area contributed by atoms with Crippen molar-refractivity contribution < 1.29 is 27.1 Å². The van der Waals surface area contributed by atoms with Crippen molar-refractivity contribution in [3.8, 4) is 0 Å². The summed E-state index contributed by atoms with van der Waals surface area (Å²) in [6.45, 7) is 2.80. The SMILES string of the molecule is CCS(=O)(=O)c1ccccc1C(=O)O[C@H](C)C(=O)Nc1cccc(F)c1. The zero-order valence-electron chi connectivity index (χ0n) is 14.2. The summed E-state index contributed by atoms with van der Waals surface area (Å²) >= 11 is 0. The fourth-order valence-corrected chi connectivity index (χ4v) is 3.23. The van der Waals surface area contributed by atoms with Gasteiger partial charge in [0.15, 0.2) is 15.9 Å². The standard InChI is InChI=1S/C18H18FNO5S/c1-3-26(23,24)16-10-5-4-9-15(16)18(22)25-12(2)17(21)20-14-8-6-7-13(19)11-14/h4-12H,3H2,1-2H3,(H,20,21)/t12-/m1/s1. The summed E-state index contributed by atoms with van der Waals surface area (Å²) in [4.78, 5) is 24.3. The van der Waals surface area contributed by atoms with Gasteiger partial charge in [-0.25, -0.2) is 17.6 Å². The highest BCUT2D eigenvalue weighted by molar-refractivity contribution is 7.91. The predicted octanol–water partition coefficient (Wildman–Crippen LogP) is 2.80. The molecule has 0 aliphatic carbocycles. The van der Waals surface area contributed by atoms with Crippen molar-refractivity contribution in [2.24, 2.45) is 0 Å². The van der Waals surface area contributed by atoms with Gasteiger partial charge in [0.1, 0.15) is 5.82 Å². The Morgan fingerprint density at radius 2 is 1.85 bits per heavy atom. The predicted molar refractivity (Wildman–Crippen MR) is 94.1 cm³/mol. The number of hydrogen-bond donors (Lipinski definition) is 1. The van der Waals surface area contributed by atoms with Gasteiger partial charge in [-0.15, -0.1) is 0 Å². The van der Waals surface area contributed by atoms with E-state index < -0.39 is 33.6 Å². The third kappa shape index (κ3) is 4.66. The fraction of sp³-hybridized carbons (Fsp3) is 0.222. The van der Waals surface area contributed by atoms with E-state index in [1.54, 1.807) is 0 Å². The van der Waals surface area contributed by atoms with Crippen LogP contribution in [0.2, 0.25) is 0 Å². The highest BCUT2D eigenvalue weighted by atomic mass is 32.2. The molecule has 0 aliphatic rings. The molecule has 0 spiro atoms. The van der Waals surface area contributed by atoms with Crippen LogP contribution in [0.4, 0.5) is 10.1 Å². The number of amides is 1. The maximum absolute atomic E-state index is 13.1. The number of halogens is 1. The molecule has 0 fully saturated rings. The summed E-state index contributed by atoms with van der Waals surface area (Å²) in [5, 5.41) is 2.42. The molecular weight excluding hydrogens is 361 g/mol. The molecule has 0 bridgehead atoms. The van der Waals surface area contributed by atoms with Crippen molar-refractivity contribution in [3.63, 3.8) is 0 Å². The summed E-state index contributed by atoms with van der Waals surface area (Å²) < 4.78 is 42.4. The molecule has 0 saturated heterocycles. The Hall–Kier alpha value is -2.74. The van der Waals surface area contributed by atoms with Gasteiger partial charge in [-0.05, 0) is 37.3 Å². The van der Waals surface area contributed by atoms with Gasteiger partial charge in [0, 0.05) is 5.69 Å². The number of anilines is 1. The number of ether oxygens (including phenoxy) is 1. The van der Waals surface area contributed by atoms with Crippen LogP contribution in [0.1, 0.15) is 24.2 Å². The number of rotatable bonds is 6. The Labute approximate surface area is 150 Å². The van der Waals surface area contributed by atoms with E-state index in [0.717, 1.165) is 6.07 Å². The Balaban J connectivity index is 2.14. The van der Waals surface area contributed by atoms with E-state index in [9.17, 15) is 22.4 Å². The number of esters is 1. The van der Waals surface area contributed by atoms with Gasteiger partial charge < -0.3 is 10.1 Å². The molecule has 0 aliphatic heterocycles. The zero-order chi connectivity index (χ0) is 19.3. The molecule has 0 aromatic heterocycles. The molecule has 1 N–H and O–H groups in total. The lowest BCUT2D eigenvalue weighted by molar-refractivity contribution is -0.123. The third-order valence-electron chi connectivity index (χ3n) is 3.57. The number of sulfone groups is 1. The smallest absolute Gasteiger partial charge is 0.340 e. The van der Waals surface area contributed by atoms with E-state index in [0.29, 0.717) is 0 Å². The van der Waals surface area contributed by atoms with Crippen molar-refractivity contribution in [1.82, 2.24) is 0 Å². The molecule has 2 aromatic rings. The van der Waals surface area contributed by atoms with Crippen molar-refractivity contribution in [3.05, 3.63) is 59.9 Å². The van der Waals surface area contributed by atoms with E-state index in [1.807, 2.05) is 0 Å². The zero-order valence-corrected chi connectivity index (χ0v) is 15.0. The van der Waals surface area contributed by atoms with E-state index in [4.69, 9.17) is 4.74 Å². The van der Waals surface area contributed by atoms with Crippen LogP contribution in [0.25, 0.3) is 0 Å². The average Bonchev–Trinajstić information content (AvgIpc) is 2.61. The van der Waals surface area contributed by atoms with Crippen molar-refractivity contribution in [2.45, 2.75) is 24.8 Å². The summed E-state index contributed by atoms with van der Waals surface area (Å²) in [6, 6.07) is 10.9. The van der Waals surface area contributed by atoms with Crippen LogP contribution in [-0.4, -0.2) is 32.2 Å². The molecule has 8 heteroatoms. The van der Waals surface area contributed by atoms with E-state index in [2.05, 4.69) is 5.32 Å². The quantitative estimate of drug-likeness (QED) is 0.780. The van der Waals surface area contributed by atoms with E-state index in [-0.39, 0.29) is 21.9 Å². The minimum atomic E-state index is -3.63. The van der Waals surface area contributed by atoms with Crippen molar-refractivity contribution >= 4 is 27.4 Å². The number of benzene rings is 2. The lowest BCUT2D eigenvalue weighted by Gasteiger charge is -2.15. The Morgan fingerprint density at radius 1 is 1.15 bits per heavy atom. The highest BCUT2D eigenvalue weighted by Crippen LogP contribution is 2.19. The lowest BCUT2D eigenvalue weighted by Crippen LogP contribution is -2.30. The van der Waals surface area contributed by atoms with Crippen LogP contribution in [0, 0.1) is 5.82 Å². The van der Waals surface area contributed by atoms with Gasteiger partial charge >= 0.3 is 5.97 Å². The summed E-state index contributed by atoms with van der Waals surface area (Å²) in [7, 11) is -3.63. The van der Waals surface area contributed by atoms with Crippen LogP contribution >= 0.6 is 0 Å². The van der Waals surface area contributed by atoms with Gasteiger partial charge in [-0.1, -0.05) is 25.1 Å². The van der Waals surface area contributed by atoms with Crippen molar-refractivity contribution in [1.29, 1.82) is 0 Å². The fourth-order valence-electron chi connectivity index (χ4n) is 2.15. The van der Waals surface area contributed by atoms with Gasteiger partial charge in [-0.3, -0.25) is 4.79 Å². The maximum Gasteiger partial charge on any atom is 0.340 e. The molecule has 0 saturated carbocycles. The number of carbonyl (C=O) groups excluding carboxylic acids is 2. The largest absolute Gasteiger partial charge is 0.449 e. The van der Waals surface area contributed by atoms with Crippen LogP contribution in [0.15, 0.2) is 53.4 Å². The normalized spacial score (nSPS) is 12.3. The number of hydrogen-bond acceptors (Lipinski definition) is 5. The first-order valence-corrected chi connectivity index (χ1v) is 9.49. The molecule has 138 valence electrons. The van der Waals surface area contributed by atoms with Gasteiger partial charge in [0.05, 0.1) is 16.2 Å². The van der Waals surface area contributed by atoms with Gasteiger partial charge in [-0.2, -0.15) is 0 Å². The van der Waals surface area contributed by atoms with E-state index in [1.165, 1.54) is 56.3 Å². The van der Waals surface area contributed by atoms with Crippen molar-refractivity contribution in [2.75, 3.05) is 11.1 Å². The maximum atomic E-state index is 13.1. The third-order valence-corrected chi connectivity index (χ3v) is 5.35. The highest BCUT2D eigenvalue weighted by Gasteiger charge is 2.25. The van der Waals surface area contributed by atoms with Gasteiger partial charge in [0.2, 0.25) is 0 Å². The van der Waals surface area contributed by atoms with Crippen LogP contribution in [0.3, 0.4) is 0 Å². The second-order valence-corrected chi connectivity index (χ2v) is 7.69. The lowest BCUT2D eigenvalue weighted by atomic mass is 10.2. The Kier molecular flexibility index (Phi) is 6.10. The van der Waals surface area contributed by atoms with Crippen LogP contribution < -0.4 is 5.32 Å². The molecule has 2 rings (SSSR count). The number of nitrogens with one attached hydrogen (secondary N) is 1. The molecule has 1 atom stereocenters. The summed E-state index contributed by atoms with van der Waals surface area (Å²) in [5.74, 6) is -2.29. The second kappa shape index (κ2) is 8.09. The summed E-state index contributed by atoms with van der Waals surface area (Å²) in [5.41, 5.74) is 0.0756. The molecular formula is C18H18FNO5S. The first-order chi connectivity index (χ1) is 12.2. The topological polar surface area (TPSA) is 89.5 Å². The van der Waals surface area contributed by atoms with Crippen LogP contribution in [0.5, 0.6) is 0 Å². The number of carbonyl (C=O) groups is 2. The average molecular weight is 379 g/mol. The molecule has 0 radical (unpaired) electrons. The molecule has 6 nitrogen and oxygen atoms in total.